The number of benzene rings is 2. The molecule has 1 N–H and O–H groups in total. The first-order valence-corrected chi connectivity index (χ1v) is 6.76. The second-order valence-electron chi connectivity index (χ2n) is 4.81. The lowest BCUT2D eigenvalue weighted by atomic mass is 9.97. The first-order valence-electron chi connectivity index (χ1n) is 6.38. The average Bonchev–Trinajstić information content (AvgIpc) is 2.42. The van der Waals surface area contributed by atoms with Crippen LogP contribution >= 0.6 is 11.6 Å². The normalized spacial score (nSPS) is 12.4. The summed E-state index contributed by atoms with van der Waals surface area (Å²) in [4.78, 5) is 0. The summed E-state index contributed by atoms with van der Waals surface area (Å²) in [5.41, 5.74) is 2.20. The minimum atomic E-state index is -0.344. The van der Waals surface area contributed by atoms with Crippen molar-refractivity contribution in [2.45, 2.75) is 19.4 Å². The van der Waals surface area contributed by atoms with Gasteiger partial charge in [0.2, 0.25) is 0 Å². The van der Waals surface area contributed by atoms with Crippen LogP contribution < -0.4 is 5.32 Å². The fourth-order valence-electron chi connectivity index (χ4n) is 2.22. The van der Waals surface area contributed by atoms with Gasteiger partial charge in [-0.1, -0.05) is 29.3 Å². The van der Waals surface area contributed by atoms with E-state index in [-0.39, 0.29) is 17.7 Å². The van der Waals surface area contributed by atoms with Crippen LogP contribution in [0.15, 0.2) is 36.4 Å². The van der Waals surface area contributed by atoms with Crippen molar-refractivity contribution >= 4 is 11.6 Å². The maximum Gasteiger partial charge on any atom is 0.128 e. The highest BCUT2D eigenvalue weighted by molar-refractivity contribution is 6.31. The van der Waals surface area contributed by atoms with E-state index in [0.29, 0.717) is 22.6 Å². The minimum absolute atomic E-state index is 0.255. The molecule has 20 heavy (non-hydrogen) atoms. The second kappa shape index (κ2) is 6.33. The van der Waals surface area contributed by atoms with Crippen molar-refractivity contribution in [1.29, 1.82) is 0 Å². The van der Waals surface area contributed by atoms with E-state index in [4.69, 9.17) is 11.6 Å². The Morgan fingerprint density at radius 1 is 1.15 bits per heavy atom. The Labute approximate surface area is 122 Å². The molecule has 2 aromatic carbocycles. The van der Waals surface area contributed by atoms with Crippen LogP contribution in [0.1, 0.15) is 22.7 Å². The molecule has 0 aliphatic carbocycles. The van der Waals surface area contributed by atoms with Crippen LogP contribution in [0.5, 0.6) is 0 Å². The van der Waals surface area contributed by atoms with E-state index in [9.17, 15) is 8.78 Å². The van der Waals surface area contributed by atoms with Crippen LogP contribution in [0.25, 0.3) is 0 Å². The molecule has 2 aromatic rings. The van der Waals surface area contributed by atoms with Crippen molar-refractivity contribution in [2.24, 2.45) is 0 Å². The Morgan fingerprint density at radius 3 is 2.60 bits per heavy atom. The maximum atomic E-state index is 13.9. The molecule has 2 rings (SSSR count). The first-order chi connectivity index (χ1) is 9.51. The number of likely N-dealkylation sites (N-methyl/N-ethyl adjacent to an activating group) is 1. The van der Waals surface area contributed by atoms with Gasteiger partial charge in [0.1, 0.15) is 11.6 Å². The van der Waals surface area contributed by atoms with Gasteiger partial charge < -0.3 is 5.32 Å². The number of hydrogen-bond donors (Lipinski definition) is 1. The lowest BCUT2D eigenvalue weighted by molar-refractivity contribution is 0.532. The highest BCUT2D eigenvalue weighted by Crippen LogP contribution is 2.26. The molecule has 0 aromatic heterocycles. The van der Waals surface area contributed by atoms with Crippen molar-refractivity contribution in [3.8, 4) is 0 Å². The second-order valence-corrected chi connectivity index (χ2v) is 5.21. The molecule has 106 valence electrons. The summed E-state index contributed by atoms with van der Waals surface area (Å²) in [6.45, 7) is 1.91. The van der Waals surface area contributed by atoms with E-state index in [2.05, 4.69) is 5.32 Å². The Balaban J connectivity index is 2.33. The maximum absolute atomic E-state index is 13.9. The zero-order chi connectivity index (χ0) is 14.7. The summed E-state index contributed by atoms with van der Waals surface area (Å²) in [5, 5.41) is 3.55. The lowest BCUT2D eigenvalue weighted by Crippen LogP contribution is -2.20. The van der Waals surface area contributed by atoms with E-state index in [1.807, 2.05) is 6.92 Å². The predicted octanol–water partition coefficient (Wildman–Crippen LogP) is 4.43. The summed E-state index contributed by atoms with van der Waals surface area (Å²) < 4.78 is 27.2. The highest BCUT2D eigenvalue weighted by atomic mass is 35.5. The molecule has 0 heterocycles. The molecule has 0 radical (unpaired) electrons. The summed E-state index contributed by atoms with van der Waals surface area (Å²) >= 11 is 6.07. The molecule has 0 bridgehead atoms. The van der Waals surface area contributed by atoms with Crippen LogP contribution in [0.4, 0.5) is 8.78 Å². The van der Waals surface area contributed by atoms with Crippen molar-refractivity contribution < 1.29 is 8.78 Å². The Hall–Kier alpha value is -1.45. The van der Waals surface area contributed by atoms with Gasteiger partial charge in [-0.2, -0.15) is 0 Å². The monoisotopic (exact) mass is 295 g/mol. The molecule has 1 nitrogen and oxygen atoms in total. The number of hydrogen-bond acceptors (Lipinski definition) is 1. The van der Waals surface area contributed by atoms with Crippen molar-refractivity contribution in [1.82, 2.24) is 5.32 Å². The van der Waals surface area contributed by atoms with Gasteiger partial charge in [-0.15, -0.1) is 0 Å². The number of aryl methyl sites for hydroxylation is 1. The zero-order valence-electron chi connectivity index (χ0n) is 11.4. The number of halogens is 3. The van der Waals surface area contributed by atoms with Gasteiger partial charge in [0.15, 0.2) is 0 Å². The van der Waals surface area contributed by atoms with Gasteiger partial charge >= 0.3 is 0 Å². The van der Waals surface area contributed by atoms with Crippen molar-refractivity contribution in [3.05, 3.63) is 69.7 Å². The molecule has 0 amide bonds. The van der Waals surface area contributed by atoms with Gasteiger partial charge in [0, 0.05) is 16.6 Å². The minimum Gasteiger partial charge on any atom is -0.313 e. The highest BCUT2D eigenvalue weighted by Gasteiger charge is 2.16. The molecule has 1 unspecified atom stereocenters. The molecule has 0 aliphatic rings. The SMILES string of the molecule is CNC(Cc1cc(F)ccc1Cl)c1cc(C)ccc1F. The third-order valence-corrected chi connectivity index (χ3v) is 3.68. The Morgan fingerprint density at radius 2 is 1.90 bits per heavy atom. The molecule has 0 saturated heterocycles. The molecule has 0 spiro atoms. The van der Waals surface area contributed by atoms with Crippen LogP contribution in [0.3, 0.4) is 0 Å². The molecular weight excluding hydrogens is 280 g/mol. The fraction of sp³-hybridized carbons (Fsp3) is 0.250. The molecule has 1 atom stereocenters. The van der Waals surface area contributed by atoms with Crippen LogP contribution in [-0.2, 0) is 6.42 Å². The van der Waals surface area contributed by atoms with Crippen molar-refractivity contribution in [2.75, 3.05) is 7.05 Å². The average molecular weight is 296 g/mol. The summed E-state index contributed by atoms with van der Waals surface area (Å²) in [5.74, 6) is -0.619. The van der Waals surface area contributed by atoms with Crippen molar-refractivity contribution in [3.63, 3.8) is 0 Å². The third kappa shape index (κ3) is 3.35. The van der Waals surface area contributed by atoms with Gasteiger partial charge in [0.05, 0.1) is 0 Å². The summed E-state index contributed by atoms with van der Waals surface area (Å²) in [6.07, 6.45) is 0.424. The molecular formula is C16H16ClF2N. The summed E-state index contributed by atoms with van der Waals surface area (Å²) in [7, 11) is 1.75. The Kier molecular flexibility index (Phi) is 4.73. The van der Waals surface area contributed by atoms with E-state index in [0.717, 1.165) is 5.56 Å². The topological polar surface area (TPSA) is 12.0 Å². The quantitative estimate of drug-likeness (QED) is 0.880. The fourth-order valence-corrected chi connectivity index (χ4v) is 2.41. The van der Waals surface area contributed by atoms with Gasteiger partial charge in [0.25, 0.3) is 0 Å². The standard InChI is InChI=1S/C16H16ClF2N/c1-10-3-6-15(19)13(7-10)16(20-2)9-11-8-12(18)4-5-14(11)17/h3-8,16,20H,9H2,1-2H3. The van der Waals surface area contributed by atoms with Gasteiger partial charge in [-0.25, -0.2) is 8.78 Å². The lowest BCUT2D eigenvalue weighted by Gasteiger charge is -2.19. The summed E-state index contributed by atoms with van der Waals surface area (Å²) in [6, 6.07) is 8.93. The van der Waals surface area contributed by atoms with E-state index >= 15 is 0 Å². The smallest absolute Gasteiger partial charge is 0.128 e. The molecule has 4 heteroatoms. The van der Waals surface area contributed by atoms with E-state index in [1.54, 1.807) is 19.2 Å². The zero-order valence-corrected chi connectivity index (χ0v) is 12.1. The van der Waals surface area contributed by atoms with Crippen LogP contribution in [0.2, 0.25) is 5.02 Å². The molecule has 0 fully saturated rings. The van der Waals surface area contributed by atoms with Gasteiger partial charge in [-0.05, 0) is 50.2 Å². The molecule has 0 saturated carbocycles. The van der Waals surface area contributed by atoms with Gasteiger partial charge in [-0.3, -0.25) is 0 Å². The number of nitrogens with one attached hydrogen (secondary N) is 1. The van der Waals surface area contributed by atoms with Crippen LogP contribution in [0, 0.1) is 18.6 Å². The third-order valence-electron chi connectivity index (χ3n) is 3.31. The van der Waals surface area contributed by atoms with Crippen LogP contribution in [-0.4, -0.2) is 7.05 Å². The van der Waals surface area contributed by atoms with E-state index in [1.165, 1.54) is 24.3 Å². The largest absolute Gasteiger partial charge is 0.313 e. The first kappa shape index (κ1) is 14.9. The number of rotatable bonds is 4. The molecule has 0 aliphatic heterocycles. The Bertz CT molecular complexity index is 613. The predicted molar refractivity (Wildman–Crippen MR) is 78.1 cm³/mol. The van der Waals surface area contributed by atoms with E-state index < -0.39 is 0 Å².